The highest BCUT2D eigenvalue weighted by atomic mass is 35.5. The molecule has 1 N–H and O–H groups in total. The lowest BCUT2D eigenvalue weighted by atomic mass is 9.98. The normalized spacial score (nSPS) is 12.6. The molecule has 0 spiro atoms. The van der Waals surface area contributed by atoms with Gasteiger partial charge in [-0.2, -0.15) is 13.2 Å². The standard InChI is InChI=1S/C13H17ClF3N/c1-4-7-12(2,3)18-9-5-6-11(14)10(8-9)13(15,16)17/h5-6,8,18H,4,7H2,1-3H3. The van der Waals surface area contributed by atoms with Crippen LogP contribution in [0.5, 0.6) is 0 Å². The van der Waals surface area contributed by atoms with Crippen molar-refractivity contribution in [3.63, 3.8) is 0 Å². The van der Waals surface area contributed by atoms with Crippen LogP contribution < -0.4 is 5.32 Å². The topological polar surface area (TPSA) is 12.0 Å². The zero-order valence-corrected chi connectivity index (χ0v) is 11.4. The molecule has 0 amide bonds. The minimum Gasteiger partial charge on any atom is -0.380 e. The van der Waals surface area contributed by atoms with Crippen LogP contribution in [-0.2, 0) is 6.18 Å². The van der Waals surface area contributed by atoms with Crippen molar-refractivity contribution < 1.29 is 13.2 Å². The summed E-state index contributed by atoms with van der Waals surface area (Å²) in [6.07, 6.45) is -2.60. The van der Waals surface area contributed by atoms with Gasteiger partial charge in [0.15, 0.2) is 0 Å². The van der Waals surface area contributed by atoms with Gasteiger partial charge in [0, 0.05) is 11.2 Å². The Kier molecular flexibility index (Phi) is 4.54. The second kappa shape index (κ2) is 5.39. The molecule has 1 aromatic carbocycles. The van der Waals surface area contributed by atoms with Gasteiger partial charge in [-0.3, -0.25) is 0 Å². The molecule has 1 rings (SSSR count). The van der Waals surface area contributed by atoms with Gasteiger partial charge in [-0.05, 0) is 38.5 Å². The monoisotopic (exact) mass is 279 g/mol. The van der Waals surface area contributed by atoms with E-state index in [9.17, 15) is 13.2 Å². The lowest BCUT2D eigenvalue weighted by Crippen LogP contribution is -2.30. The Morgan fingerprint density at radius 2 is 1.83 bits per heavy atom. The predicted octanol–water partition coefficient (Wildman–Crippen LogP) is 5.35. The van der Waals surface area contributed by atoms with Crippen LogP contribution >= 0.6 is 11.6 Å². The summed E-state index contributed by atoms with van der Waals surface area (Å²) in [5, 5.41) is 2.82. The first kappa shape index (κ1) is 15.2. The molecule has 1 aromatic rings. The molecule has 0 fully saturated rings. The molecular weight excluding hydrogens is 263 g/mol. The minimum absolute atomic E-state index is 0.245. The molecule has 5 heteroatoms. The summed E-state index contributed by atoms with van der Waals surface area (Å²) < 4.78 is 38.1. The van der Waals surface area contributed by atoms with Gasteiger partial charge in [-0.25, -0.2) is 0 Å². The van der Waals surface area contributed by atoms with E-state index in [2.05, 4.69) is 5.32 Å². The summed E-state index contributed by atoms with van der Waals surface area (Å²) >= 11 is 5.57. The Morgan fingerprint density at radius 1 is 1.22 bits per heavy atom. The first-order valence-electron chi connectivity index (χ1n) is 5.80. The molecule has 0 radical (unpaired) electrons. The Bertz CT molecular complexity index is 413. The number of rotatable bonds is 4. The third-order valence-electron chi connectivity index (χ3n) is 2.63. The van der Waals surface area contributed by atoms with Gasteiger partial charge in [0.2, 0.25) is 0 Å². The van der Waals surface area contributed by atoms with Gasteiger partial charge < -0.3 is 5.32 Å². The van der Waals surface area contributed by atoms with E-state index < -0.39 is 11.7 Å². The maximum atomic E-state index is 12.7. The molecule has 0 atom stereocenters. The number of anilines is 1. The first-order chi connectivity index (χ1) is 8.15. The largest absolute Gasteiger partial charge is 0.417 e. The van der Waals surface area contributed by atoms with E-state index in [4.69, 9.17) is 11.6 Å². The minimum atomic E-state index is -4.43. The SMILES string of the molecule is CCCC(C)(C)Nc1ccc(Cl)c(C(F)(F)F)c1. The fourth-order valence-electron chi connectivity index (χ4n) is 1.90. The van der Waals surface area contributed by atoms with Crippen molar-refractivity contribution in [3.05, 3.63) is 28.8 Å². The summed E-state index contributed by atoms with van der Waals surface area (Å²) in [7, 11) is 0. The molecule has 0 unspecified atom stereocenters. The Balaban J connectivity index is 2.99. The lowest BCUT2D eigenvalue weighted by Gasteiger charge is -2.27. The van der Waals surface area contributed by atoms with Gasteiger partial charge in [0.05, 0.1) is 10.6 Å². The highest BCUT2D eigenvalue weighted by Gasteiger charge is 2.33. The van der Waals surface area contributed by atoms with Crippen molar-refractivity contribution in [1.82, 2.24) is 0 Å². The average molecular weight is 280 g/mol. The van der Waals surface area contributed by atoms with Crippen LogP contribution in [0.4, 0.5) is 18.9 Å². The second-order valence-electron chi connectivity index (χ2n) is 4.95. The molecule has 102 valence electrons. The van der Waals surface area contributed by atoms with Gasteiger partial charge >= 0.3 is 6.18 Å². The molecule has 1 nitrogen and oxygen atoms in total. The molecule has 0 saturated heterocycles. The molecule has 0 bridgehead atoms. The maximum absolute atomic E-state index is 12.7. The maximum Gasteiger partial charge on any atom is 0.417 e. The van der Waals surface area contributed by atoms with Crippen LogP contribution in [0.25, 0.3) is 0 Å². The average Bonchev–Trinajstić information content (AvgIpc) is 2.18. The fraction of sp³-hybridized carbons (Fsp3) is 0.538. The van der Waals surface area contributed by atoms with E-state index in [1.54, 1.807) is 6.07 Å². The van der Waals surface area contributed by atoms with Crippen molar-refractivity contribution in [1.29, 1.82) is 0 Å². The van der Waals surface area contributed by atoms with Crippen LogP contribution in [0.1, 0.15) is 39.2 Å². The number of benzene rings is 1. The fourth-order valence-corrected chi connectivity index (χ4v) is 2.12. The van der Waals surface area contributed by atoms with Crippen molar-refractivity contribution in [3.8, 4) is 0 Å². The van der Waals surface area contributed by atoms with E-state index in [1.807, 2.05) is 20.8 Å². The van der Waals surface area contributed by atoms with Crippen molar-refractivity contribution in [2.75, 3.05) is 5.32 Å². The van der Waals surface area contributed by atoms with E-state index >= 15 is 0 Å². The Morgan fingerprint density at radius 3 is 2.33 bits per heavy atom. The summed E-state index contributed by atoms with van der Waals surface area (Å²) in [5.74, 6) is 0. The highest BCUT2D eigenvalue weighted by molar-refractivity contribution is 6.31. The molecule has 0 aliphatic rings. The first-order valence-corrected chi connectivity index (χ1v) is 6.18. The third-order valence-corrected chi connectivity index (χ3v) is 2.96. The Labute approximate surface area is 110 Å². The zero-order valence-electron chi connectivity index (χ0n) is 10.7. The highest BCUT2D eigenvalue weighted by Crippen LogP contribution is 2.36. The smallest absolute Gasteiger partial charge is 0.380 e. The quantitative estimate of drug-likeness (QED) is 0.783. The number of halogens is 4. The van der Waals surface area contributed by atoms with Gasteiger partial charge in [-0.1, -0.05) is 24.9 Å². The third kappa shape index (κ3) is 4.09. The zero-order chi connectivity index (χ0) is 14.0. The van der Waals surface area contributed by atoms with Crippen molar-refractivity contribution in [2.45, 2.75) is 45.3 Å². The van der Waals surface area contributed by atoms with Crippen LogP contribution in [-0.4, -0.2) is 5.54 Å². The van der Waals surface area contributed by atoms with Crippen LogP contribution in [0.3, 0.4) is 0 Å². The molecular formula is C13H17ClF3N. The van der Waals surface area contributed by atoms with E-state index in [0.717, 1.165) is 18.9 Å². The lowest BCUT2D eigenvalue weighted by molar-refractivity contribution is -0.137. The van der Waals surface area contributed by atoms with Gasteiger partial charge in [0.25, 0.3) is 0 Å². The molecule has 0 aromatic heterocycles. The van der Waals surface area contributed by atoms with Crippen molar-refractivity contribution in [2.24, 2.45) is 0 Å². The number of hydrogen-bond acceptors (Lipinski definition) is 1. The van der Waals surface area contributed by atoms with Crippen molar-refractivity contribution >= 4 is 17.3 Å². The number of hydrogen-bond donors (Lipinski definition) is 1. The molecule has 0 aliphatic carbocycles. The molecule has 0 saturated carbocycles. The van der Waals surface area contributed by atoms with E-state index in [0.29, 0.717) is 5.69 Å². The van der Waals surface area contributed by atoms with Gasteiger partial charge in [-0.15, -0.1) is 0 Å². The van der Waals surface area contributed by atoms with E-state index in [1.165, 1.54) is 6.07 Å². The summed E-state index contributed by atoms with van der Waals surface area (Å²) in [6, 6.07) is 3.89. The number of alkyl halides is 3. The molecule has 0 aliphatic heterocycles. The van der Waals surface area contributed by atoms with E-state index in [-0.39, 0.29) is 10.6 Å². The molecule has 18 heavy (non-hydrogen) atoms. The summed E-state index contributed by atoms with van der Waals surface area (Å²) in [6.45, 7) is 5.95. The number of nitrogens with one attached hydrogen (secondary N) is 1. The van der Waals surface area contributed by atoms with Crippen LogP contribution in [0.15, 0.2) is 18.2 Å². The van der Waals surface area contributed by atoms with Crippen LogP contribution in [0, 0.1) is 0 Å². The second-order valence-corrected chi connectivity index (χ2v) is 5.36. The summed E-state index contributed by atoms with van der Waals surface area (Å²) in [5.41, 5.74) is -0.613. The predicted molar refractivity (Wildman–Crippen MR) is 69.1 cm³/mol. The van der Waals surface area contributed by atoms with Gasteiger partial charge in [0.1, 0.15) is 0 Å². The summed E-state index contributed by atoms with van der Waals surface area (Å²) in [4.78, 5) is 0. The van der Waals surface area contributed by atoms with Crippen LogP contribution in [0.2, 0.25) is 5.02 Å². The Hall–Kier alpha value is -0.900. The molecule has 0 heterocycles.